The molecule has 3 aliphatic rings. The van der Waals surface area contributed by atoms with Gasteiger partial charge >= 0.3 is 0 Å². The van der Waals surface area contributed by atoms with Crippen molar-refractivity contribution in [3.8, 4) is 5.75 Å². The normalized spacial score (nSPS) is 18.5. The summed E-state index contributed by atoms with van der Waals surface area (Å²) in [6.45, 7) is 4.68. The number of benzene rings is 2. The van der Waals surface area contributed by atoms with Crippen molar-refractivity contribution in [1.29, 1.82) is 0 Å². The van der Waals surface area contributed by atoms with E-state index in [-0.39, 0.29) is 5.91 Å². The minimum Gasteiger partial charge on any atom is -0.492 e. The Hall–Kier alpha value is -2.92. The van der Waals surface area contributed by atoms with Gasteiger partial charge in [-0.25, -0.2) is 0 Å². The van der Waals surface area contributed by atoms with Crippen molar-refractivity contribution in [3.05, 3.63) is 71.4 Å². The standard InChI is InChI=1S/C30H35N3O2/c34-30(27-20-29(23-11-12-23)31-28-10-3-2-9-26(27)28)33(24-13-14-24)21-22-7-6-8-25(19-22)35-18-17-32-15-4-1-5-16-32/h2-3,6-10,19-20,23-24H,1,4-5,11-18,21H2. The minimum absolute atomic E-state index is 0.129. The first-order valence-electron chi connectivity index (χ1n) is 13.4. The van der Waals surface area contributed by atoms with E-state index in [1.54, 1.807) is 0 Å². The molecule has 1 saturated heterocycles. The molecule has 2 aromatic carbocycles. The minimum atomic E-state index is 0.129. The van der Waals surface area contributed by atoms with Gasteiger partial charge in [-0.15, -0.1) is 0 Å². The number of hydrogen-bond donors (Lipinski definition) is 0. The van der Waals surface area contributed by atoms with Gasteiger partial charge in [0, 0.05) is 36.1 Å². The number of para-hydroxylation sites is 1. The van der Waals surface area contributed by atoms with Gasteiger partial charge in [-0.1, -0.05) is 36.8 Å². The van der Waals surface area contributed by atoms with Crippen LogP contribution in [0.1, 0.15) is 72.5 Å². The second-order valence-corrected chi connectivity index (χ2v) is 10.4. The van der Waals surface area contributed by atoms with Crippen LogP contribution in [0.5, 0.6) is 5.75 Å². The van der Waals surface area contributed by atoms with Crippen LogP contribution < -0.4 is 4.74 Å². The molecule has 2 saturated carbocycles. The van der Waals surface area contributed by atoms with E-state index in [2.05, 4.69) is 28.0 Å². The van der Waals surface area contributed by atoms with E-state index in [1.807, 2.05) is 36.4 Å². The summed E-state index contributed by atoms with van der Waals surface area (Å²) in [4.78, 5) is 23.4. The van der Waals surface area contributed by atoms with Crippen LogP contribution in [-0.4, -0.2) is 53.0 Å². The zero-order valence-electron chi connectivity index (χ0n) is 20.5. The van der Waals surface area contributed by atoms with Crippen LogP contribution >= 0.6 is 0 Å². The van der Waals surface area contributed by atoms with Gasteiger partial charge in [0.1, 0.15) is 12.4 Å². The molecule has 0 radical (unpaired) electrons. The van der Waals surface area contributed by atoms with E-state index in [0.29, 0.717) is 25.1 Å². The summed E-state index contributed by atoms with van der Waals surface area (Å²) in [5.74, 6) is 1.54. The lowest BCUT2D eigenvalue weighted by molar-refractivity contribution is 0.0731. The molecule has 5 heteroatoms. The number of hydrogen-bond acceptors (Lipinski definition) is 4. The molecule has 0 unspecified atom stereocenters. The summed E-state index contributed by atoms with van der Waals surface area (Å²) >= 11 is 0. The van der Waals surface area contributed by atoms with Crippen molar-refractivity contribution >= 4 is 16.8 Å². The Labute approximate surface area is 208 Å². The van der Waals surface area contributed by atoms with Crippen molar-refractivity contribution < 1.29 is 9.53 Å². The van der Waals surface area contributed by atoms with Crippen LogP contribution in [0.2, 0.25) is 0 Å². The number of aromatic nitrogens is 1. The van der Waals surface area contributed by atoms with Gasteiger partial charge in [-0.05, 0) is 81.4 Å². The Kier molecular flexibility index (Phi) is 6.43. The van der Waals surface area contributed by atoms with Gasteiger partial charge in [-0.2, -0.15) is 0 Å². The summed E-state index contributed by atoms with van der Waals surface area (Å²) < 4.78 is 6.11. The fourth-order valence-electron chi connectivity index (χ4n) is 5.27. The van der Waals surface area contributed by atoms with Gasteiger partial charge in [-0.3, -0.25) is 14.7 Å². The number of likely N-dealkylation sites (tertiary alicyclic amines) is 1. The molecule has 0 atom stereocenters. The number of nitrogens with zero attached hydrogens (tertiary/aromatic N) is 3. The maximum atomic E-state index is 13.9. The van der Waals surface area contributed by atoms with Crippen LogP contribution in [0.15, 0.2) is 54.6 Å². The number of ether oxygens (including phenoxy) is 1. The number of carbonyl (C=O) groups excluding carboxylic acids is 1. The number of amides is 1. The first-order valence-corrected chi connectivity index (χ1v) is 13.4. The van der Waals surface area contributed by atoms with Gasteiger partial charge in [0.25, 0.3) is 5.91 Å². The molecule has 0 bridgehead atoms. The van der Waals surface area contributed by atoms with Crippen LogP contribution in [-0.2, 0) is 6.54 Å². The predicted molar refractivity (Wildman–Crippen MR) is 139 cm³/mol. The molecule has 5 nitrogen and oxygen atoms in total. The summed E-state index contributed by atoms with van der Waals surface area (Å²) in [7, 11) is 0. The summed E-state index contributed by atoms with van der Waals surface area (Å²) in [6.07, 6.45) is 8.47. The topological polar surface area (TPSA) is 45.7 Å². The lowest BCUT2D eigenvalue weighted by Gasteiger charge is -2.26. The van der Waals surface area contributed by atoms with Crippen LogP contribution in [0.4, 0.5) is 0 Å². The van der Waals surface area contributed by atoms with Crippen molar-refractivity contribution in [2.75, 3.05) is 26.2 Å². The second kappa shape index (κ2) is 9.98. The molecule has 1 aliphatic heterocycles. The number of carbonyl (C=O) groups is 1. The molecule has 6 rings (SSSR count). The molecule has 1 amide bonds. The van der Waals surface area contributed by atoms with E-state index in [0.717, 1.165) is 52.9 Å². The third kappa shape index (κ3) is 5.35. The first-order chi connectivity index (χ1) is 17.2. The fourth-order valence-corrected chi connectivity index (χ4v) is 5.27. The number of fused-ring (bicyclic) bond motifs is 1. The average molecular weight is 470 g/mol. The Morgan fingerprint density at radius 2 is 1.80 bits per heavy atom. The van der Waals surface area contributed by atoms with Crippen LogP contribution in [0.3, 0.4) is 0 Å². The van der Waals surface area contributed by atoms with Crippen molar-refractivity contribution in [1.82, 2.24) is 14.8 Å². The SMILES string of the molecule is O=C(c1cc(C2CC2)nc2ccccc12)N(Cc1cccc(OCCN2CCCCC2)c1)C1CC1. The molecule has 0 N–H and O–H groups in total. The second-order valence-electron chi connectivity index (χ2n) is 10.4. The molecule has 1 aromatic heterocycles. The smallest absolute Gasteiger partial charge is 0.255 e. The quantitative estimate of drug-likeness (QED) is 0.398. The predicted octanol–water partition coefficient (Wildman–Crippen LogP) is 5.78. The molecule has 35 heavy (non-hydrogen) atoms. The molecule has 0 spiro atoms. The van der Waals surface area contributed by atoms with Crippen LogP contribution in [0, 0.1) is 0 Å². The Morgan fingerprint density at radius 1 is 0.971 bits per heavy atom. The maximum absolute atomic E-state index is 13.9. The van der Waals surface area contributed by atoms with E-state index in [1.165, 1.54) is 45.2 Å². The Bertz CT molecular complexity index is 1200. The first kappa shape index (κ1) is 22.5. The molecule has 182 valence electrons. The van der Waals surface area contributed by atoms with Gasteiger partial charge in [0.2, 0.25) is 0 Å². The molecule has 3 fully saturated rings. The third-order valence-electron chi connectivity index (χ3n) is 7.59. The highest BCUT2D eigenvalue weighted by molar-refractivity contribution is 6.06. The molecule has 3 aromatic rings. The van der Waals surface area contributed by atoms with Gasteiger partial charge in [0.05, 0.1) is 11.1 Å². The fraction of sp³-hybridized carbons (Fsp3) is 0.467. The van der Waals surface area contributed by atoms with E-state index >= 15 is 0 Å². The third-order valence-corrected chi connectivity index (χ3v) is 7.59. The Balaban J connectivity index is 1.18. The molecular formula is C30H35N3O2. The van der Waals surface area contributed by atoms with Crippen LogP contribution in [0.25, 0.3) is 10.9 Å². The highest BCUT2D eigenvalue weighted by Gasteiger charge is 2.35. The van der Waals surface area contributed by atoms with Crippen molar-refractivity contribution in [2.24, 2.45) is 0 Å². The lowest BCUT2D eigenvalue weighted by Crippen LogP contribution is -2.33. The maximum Gasteiger partial charge on any atom is 0.255 e. The van der Waals surface area contributed by atoms with Crippen molar-refractivity contribution in [2.45, 2.75) is 63.5 Å². The highest BCUT2D eigenvalue weighted by atomic mass is 16.5. The number of piperidine rings is 1. The average Bonchev–Trinajstić information content (AvgIpc) is 3.81. The summed E-state index contributed by atoms with van der Waals surface area (Å²) in [6, 6.07) is 18.8. The number of pyridine rings is 1. The van der Waals surface area contributed by atoms with Gasteiger partial charge < -0.3 is 9.64 Å². The molecule has 2 heterocycles. The molecular weight excluding hydrogens is 434 g/mol. The summed E-state index contributed by atoms with van der Waals surface area (Å²) in [5.41, 5.74) is 3.94. The zero-order chi connectivity index (χ0) is 23.6. The number of rotatable bonds is 9. The highest BCUT2D eigenvalue weighted by Crippen LogP contribution is 2.41. The Morgan fingerprint density at radius 3 is 2.60 bits per heavy atom. The monoisotopic (exact) mass is 469 g/mol. The van der Waals surface area contributed by atoms with Crippen molar-refractivity contribution in [3.63, 3.8) is 0 Å². The zero-order valence-corrected chi connectivity index (χ0v) is 20.5. The largest absolute Gasteiger partial charge is 0.492 e. The lowest BCUT2D eigenvalue weighted by atomic mass is 10.0. The van der Waals surface area contributed by atoms with Gasteiger partial charge in [0.15, 0.2) is 0 Å². The van der Waals surface area contributed by atoms with E-state index in [9.17, 15) is 4.79 Å². The van der Waals surface area contributed by atoms with E-state index in [4.69, 9.17) is 9.72 Å². The molecule has 2 aliphatic carbocycles. The van der Waals surface area contributed by atoms with E-state index < -0.39 is 0 Å². The summed E-state index contributed by atoms with van der Waals surface area (Å²) in [5, 5.41) is 0.961.